The number of sulfonamides is 1. The smallest absolute Gasteiger partial charge is 0.317 e. The third-order valence-electron chi connectivity index (χ3n) is 4.28. The van der Waals surface area contributed by atoms with Crippen LogP contribution in [0, 0.1) is 0 Å². The average molecular weight is 325 g/mol. The molecule has 0 bridgehead atoms. The van der Waals surface area contributed by atoms with Crippen LogP contribution in [0.2, 0.25) is 0 Å². The summed E-state index contributed by atoms with van der Waals surface area (Å²) < 4.78 is 22.5. The van der Waals surface area contributed by atoms with Crippen LogP contribution in [0.3, 0.4) is 0 Å². The number of rotatable bonds is 4. The molecule has 0 aromatic heterocycles. The van der Waals surface area contributed by atoms with Crippen LogP contribution in [0.1, 0.15) is 44.2 Å². The number of hydrogen-bond donors (Lipinski definition) is 2. The average Bonchev–Trinajstić information content (AvgIpc) is 2.97. The zero-order chi connectivity index (χ0) is 16.3. The lowest BCUT2D eigenvalue weighted by atomic mass is 10.1. The summed E-state index contributed by atoms with van der Waals surface area (Å²) in [6, 6.07) is 6.30. The molecule has 0 saturated heterocycles. The molecule has 122 valence electrons. The molecule has 0 aliphatic heterocycles. The topological polar surface area (TPSA) is 92.5 Å². The van der Waals surface area contributed by atoms with Gasteiger partial charge in [-0.05, 0) is 37.5 Å². The SMILES string of the molecule is C[C@H](c1ccc(S(N)(=O)=O)cc1)N(C)C(=O)NC1CCCC1. The van der Waals surface area contributed by atoms with Crippen LogP contribution >= 0.6 is 0 Å². The molecule has 2 rings (SSSR count). The quantitative estimate of drug-likeness (QED) is 0.886. The van der Waals surface area contributed by atoms with E-state index < -0.39 is 10.0 Å². The predicted octanol–water partition coefficient (Wildman–Crippen LogP) is 1.98. The molecule has 6 nitrogen and oxygen atoms in total. The zero-order valence-corrected chi connectivity index (χ0v) is 13.8. The third kappa shape index (κ3) is 3.98. The summed E-state index contributed by atoms with van der Waals surface area (Å²) >= 11 is 0. The van der Waals surface area contributed by atoms with E-state index in [1.54, 1.807) is 24.1 Å². The Labute approximate surface area is 131 Å². The number of nitrogens with one attached hydrogen (secondary N) is 1. The maximum atomic E-state index is 12.2. The summed E-state index contributed by atoms with van der Waals surface area (Å²) in [6.07, 6.45) is 4.41. The number of nitrogens with two attached hydrogens (primary N) is 1. The van der Waals surface area contributed by atoms with E-state index >= 15 is 0 Å². The minimum Gasteiger partial charge on any atom is -0.335 e. The molecule has 1 saturated carbocycles. The largest absolute Gasteiger partial charge is 0.335 e. The summed E-state index contributed by atoms with van der Waals surface area (Å²) in [4.78, 5) is 13.9. The van der Waals surface area contributed by atoms with Gasteiger partial charge in [0.2, 0.25) is 10.0 Å². The van der Waals surface area contributed by atoms with Crippen molar-refractivity contribution in [1.29, 1.82) is 0 Å². The number of nitrogens with zero attached hydrogens (tertiary/aromatic N) is 1. The number of primary sulfonamides is 1. The lowest BCUT2D eigenvalue weighted by Crippen LogP contribution is -2.43. The van der Waals surface area contributed by atoms with Gasteiger partial charge >= 0.3 is 6.03 Å². The van der Waals surface area contributed by atoms with Gasteiger partial charge in [-0.1, -0.05) is 25.0 Å². The Hall–Kier alpha value is -1.60. The van der Waals surface area contributed by atoms with Gasteiger partial charge in [0, 0.05) is 13.1 Å². The molecule has 0 unspecified atom stereocenters. The van der Waals surface area contributed by atoms with Crippen molar-refractivity contribution >= 4 is 16.1 Å². The van der Waals surface area contributed by atoms with Gasteiger partial charge in [0.1, 0.15) is 0 Å². The number of hydrogen-bond acceptors (Lipinski definition) is 3. The molecule has 1 aromatic rings. The molecule has 22 heavy (non-hydrogen) atoms. The van der Waals surface area contributed by atoms with E-state index in [0.717, 1.165) is 18.4 Å². The highest BCUT2D eigenvalue weighted by Crippen LogP contribution is 2.22. The lowest BCUT2D eigenvalue weighted by molar-refractivity contribution is 0.190. The molecule has 1 atom stereocenters. The highest BCUT2D eigenvalue weighted by molar-refractivity contribution is 7.89. The Kier molecular flexibility index (Phi) is 5.08. The standard InChI is InChI=1S/C15H23N3O3S/c1-11(12-7-9-14(10-8-12)22(16,20)21)18(2)15(19)17-13-5-3-4-6-13/h7-11,13H,3-6H2,1-2H3,(H,17,19)(H2,16,20,21)/t11-/m1/s1. The fourth-order valence-corrected chi connectivity index (χ4v) is 3.20. The van der Waals surface area contributed by atoms with Crippen molar-refractivity contribution in [3.05, 3.63) is 29.8 Å². The third-order valence-corrected chi connectivity index (χ3v) is 5.20. The second-order valence-electron chi connectivity index (χ2n) is 5.83. The van der Waals surface area contributed by atoms with Gasteiger partial charge in [-0.25, -0.2) is 18.4 Å². The van der Waals surface area contributed by atoms with Crippen molar-refractivity contribution in [1.82, 2.24) is 10.2 Å². The van der Waals surface area contributed by atoms with Gasteiger partial charge in [-0.3, -0.25) is 0 Å². The molecule has 0 radical (unpaired) electrons. The Morgan fingerprint density at radius 1 is 1.27 bits per heavy atom. The molecule has 1 fully saturated rings. The number of urea groups is 1. The van der Waals surface area contributed by atoms with Crippen molar-refractivity contribution in [2.45, 2.75) is 49.6 Å². The highest BCUT2D eigenvalue weighted by Gasteiger charge is 2.22. The summed E-state index contributed by atoms with van der Waals surface area (Å²) in [6.45, 7) is 1.90. The first-order valence-corrected chi connectivity index (χ1v) is 9.00. The fraction of sp³-hybridized carbons (Fsp3) is 0.533. The Morgan fingerprint density at radius 2 is 1.82 bits per heavy atom. The Morgan fingerprint density at radius 3 is 2.32 bits per heavy atom. The van der Waals surface area contributed by atoms with Crippen molar-refractivity contribution in [2.24, 2.45) is 5.14 Å². The number of amides is 2. The minimum atomic E-state index is -3.69. The zero-order valence-electron chi connectivity index (χ0n) is 13.0. The second kappa shape index (κ2) is 6.66. The molecule has 0 spiro atoms. The minimum absolute atomic E-state index is 0.0708. The number of carbonyl (C=O) groups excluding carboxylic acids is 1. The van der Waals surface area contributed by atoms with Crippen molar-refractivity contribution in [3.63, 3.8) is 0 Å². The van der Waals surface area contributed by atoms with Crippen LogP contribution in [0.4, 0.5) is 4.79 Å². The van der Waals surface area contributed by atoms with Gasteiger partial charge < -0.3 is 10.2 Å². The van der Waals surface area contributed by atoms with E-state index in [0.29, 0.717) is 0 Å². The van der Waals surface area contributed by atoms with E-state index in [1.807, 2.05) is 6.92 Å². The second-order valence-corrected chi connectivity index (χ2v) is 7.39. The lowest BCUT2D eigenvalue weighted by Gasteiger charge is -2.27. The molecular formula is C15H23N3O3S. The summed E-state index contributed by atoms with van der Waals surface area (Å²) in [5, 5.41) is 8.12. The van der Waals surface area contributed by atoms with Crippen LogP contribution < -0.4 is 10.5 Å². The summed E-state index contributed by atoms with van der Waals surface area (Å²) in [7, 11) is -1.95. The van der Waals surface area contributed by atoms with Crippen molar-refractivity contribution in [3.8, 4) is 0 Å². The van der Waals surface area contributed by atoms with Gasteiger partial charge in [-0.2, -0.15) is 0 Å². The number of carbonyl (C=O) groups is 1. The molecule has 3 N–H and O–H groups in total. The van der Waals surface area contributed by atoms with E-state index in [-0.39, 0.29) is 23.0 Å². The summed E-state index contributed by atoms with van der Waals surface area (Å²) in [5.74, 6) is 0. The van der Waals surface area contributed by atoms with Crippen LogP contribution in [-0.4, -0.2) is 32.4 Å². The predicted molar refractivity (Wildman–Crippen MR) is 84.8 cm³/mol. The maximum Gasteiger partial charge on any atom is 0.317 e. The van der Waals surface area contributed by atoms with Crippen molar-refractivity contribution < 1.29 is 13.2 Å². The molecule has 1 aromatic carbocycles. The molecule has 1 aliphatic carbocycles. The van der Waals surface area contributed by atoms with E-state index in [9.17, 15) is 13.2 Å². The molecule has 0 heterocycles. The summed E-state index contributed by atoms with van der Waals surface area (Å²) in [5.41, 5.74) is 0.858. The van der Waals surface area contributed by atoms with Gasteiger partial charge in [0.25, 0.3) is 0 Å². The van der Waals surface area contributed by atoms with Crippen LogP contribution in [0.15, 0.2) is 29.2 Å². The first kappa shape index (κ1) is 16.8. The molecule has 1 aliphatic rings. The van der Waals surface area contributed by atoms with E-state index in [4.69, 9.17) is 5.14 Å². The van der Waals surface area contributed by atoms with Gasteiger partial charge in [-0.15, -0.1) is 0 Å². The van der Waals surface area contributed by atoms with Gasteiger partial charge in [0.15, 0.2) is 0 Å². The normalized spacial score (nSPS) is 17.2. The van der Waals surface area contributed by atoms with Crippen molar-refractivity contribution in [2.75, 3.05) is 7.05 Å². The maximum absolute atomic E-state index is 12.2. The fourth-order valence-electron chi connectivity index (χ4n) is 2.68. The first-order chi connectivity index (χ1) is 10.3. The van der Waals surface area contributed by atoms with Crippen LogP contribution in [-0.2, 0) is 10.0 Å². The van der Waals surface area contributed by atoms with E-state index in [2.05, 4.69) is 5.32 Å². The first-order valence-electron chi connectivity index (χ1n) is 7.45. The Bertz CT molecular complexity index is 622. The monoisotopic (exact) mass is 325 g/mol. The Balaban J connectivity index is 2.03. The van der Waals surface area contributed by atoms with Gasteiger partial charge in [0.05, 0.1) is 10.9 Å². The van der Waals surface area contributed by atoms with Crippen LogP contribution in [0.5, 0.6) is 0 Å². The van der Waals surface area contributed by atoms with E-state index in [1.165, 1.54) is 25.0 Å². The number of benzene rings is 1. The molecule has 2 amide bonds. The molecular weight excluding hydrogens is 302 g/mol. The highest BCUT2D eigenvalue weighted by atomic mass is 32.2. The molecule has 7 heteroatoms. The van der Waals surface area contributed by atoms with Crippen LogP contribution in [0.25, 0.3) is 0 Å².